The summed E-state index contributed by atoms with van der Waals surface area (Å²) in [6, 6.07) is 6.78. The Morgan fingerprint density at radius 1 is 1.29 bits per heavy atom. The van der Waals surface area contributed by atoms with Crippen molar-refractivity contribution in [3.8, 4) is 5.82 Å². The molecule has 2 aromatic rings. The molecule has 0 saturated heterocycles. The number of carboxylic acid groups (broad SMARTS) is 1. The lowest BCUT2D eigenvalue weighted by molar-refractivity contribution is 0.0696. The summed E-state index contributed by atoms with van der Waals surface area (Å²) in [7, 11) is 0. The first-order valence-corrected chi connectivity index (χ1v) is 4.10. The Labute approximate surface area is 80.4 Å². The van der Waals surface area contributed by atoms with Gasteiger partial charge in [0.25, 0.3) is 0 Å². The van der Waals surface area contributed by atoms with Crippen molar-refractivity contribution >= 4 is 5.97 Å². The van der Waals surface area contributed by atoms with Gasteiger partial charge in [0.15, 0.2) is 5.82 Å². The molecule has 0 saturated carbocycles. The van der Waals surface area contributed by atoms with Gasteiger partial charge in [0, 0.05) is 18.6 Å². The summed E-state index contributed by atoms with van der Waals surface area (Å²) in [5, 5.41) is 8.91. The van der Waals surface area contributed by atoms with Crippen LogP contribution in [0.4, 0.5) is 0 Å². The lowest BCUT2D eigenvalue weighted by Crippen LogP contribution is -2.05. The second-order valence-corrected chi connectivity index (χ2v) is 2.77. The highest BCUT2D eigenvalue weighted by Gasteiger charge is 2.10. The smallest absolute Gasteiger partial charge is 0.339 e. The van der Waals surface area contributed by atoms with Crippen LogP contribution >= 0.6 is 0 Å². The molecule has 0 aliphatic carbocycles. The number of hydrogen-bond donors (Lipinski definition) is 1. The summed E-state index contributed by atoms with van der Waals surface area (Å²) in [4.78, 5) is 14.9. The van der Waals surface area contributed by atoms with Gasteiger partial charge < -0.3 is 9.67 Å². The SMILES string of the molecule is O=C(O)c1cccnc1-n1cccc1. The standard InChI is InChI=1S/C10H8N2O2/c13-10(14)8-4-3-5-11-9(8)12-6-1-2-7-12/h1-7H,(H,13,14). The maximum absolute atomic E-state index is 10.9. The second-order valence-electron chi connectivity index (χ2n) is 2.77. The summed E-state index contributed by atoms with van der Waals surface area (Å²) in [6.07, 6.45) is 5.09. The van der Waals surface area contributed by atoms with E-state index in [-0.39, 0.29) is 5.56 Å². The summed E-state index contributed by atoms with van der Waals surface area (Å²) in [5.41, 5.74) is 0.198. The number of rotatable bonds is 2. The van der Waals surface area contributed by atoms with Gasteiger partial charge >= 0.3 is 5.97 Å². The van der Waals surface area contributed by atoms with Gasteiger partial charge in [0.1, 0.15) is 5.56 Å². The minimum Gasteiger partial charge on any atom is -0.478 e. The van der Waals surface area contributed by atoms with Crippen molar-refractivity contribution in [2.45, 2.75) is 0 Å². The fourth-order valence-electron chi connectivity index (χ4n) is 1.25. The third-order valence-corrected chi connectivity index (χ3v) is 1.87. The molecule has 4 heteroatoms. The molecule has 0 aliphatic heterocycles. The highest BCUT2D eigenvalue weighted by atomic mass is 16.4. The van der Waals surface area contributed by atoms with E-state index in [2.05, 4.69) is 4.98 Å². The van der Waals surface area contributed by atoms with E-state index in [1.165, 1.54) is 6.07 Å². The lowest BCUT2D eigenvalue weighted by Gasteiger charge is -2.04. The van der Waals surface area contributed by atoms with Crippen LogP contribution in [-0.2, 0) is 0 Å². The van der Waals surface area contributed by atoms with Crippen LogP contribution in [0, 0.1) is 0 Å². The predicted octanol–water partition coefficient (Wildman–Crippen LogP) is 1.57. The quantitative estimate of drug-likeness (QED) is 0.778. The Hall–Kier alpha value is -2.10. The molecule has 0 bridgehead atoms. The number of pyridine rings is 1. The monoisotopic (exact) mass is 188 g/mol. The van der Waals surface area contributed by atoms with E-state index < -0.39 is 5.97 Å². The average Bonchev–Trinajstić information content (AvgIpc) is 2.70. The van der Waals surface area contributed by atoms with E-state index in [1.807, 2.05) is 12.1 Å². The van der Waals surface area contributed by atoms with E-state index in [1.54, 1.807) is 29.2 Å². The molecule has 0 unspecified atom stereocenters. The molecule has 1 N–H and O–H groups in total. The molecule has 0 aromatic carbocycles. The van der Waals surface area contributed by atoms with Crippen molar-refractivity contribution in [3.05, 3.63) is 48.4 Å². The van der Waals surface area contributed by atoms with Crippen LogP contribution in [0.15, 0.2) is 42.9 Å². The Balaban J connectivity index is 2.58. The lowest BCUT2D eigenvalue weighted by atomic mass is 10.2. The summed E-state index contributed by atoms with van der Waals surface area (Å²) in [6.45, 7) is 0. The molecule has 0 fully saturated rings. The van der Waals surface area contributed by atoms with Gasteiger partial charge in [-0.05, 0) is 24.3 Å². The number of carbonyl (C=O) groups is 1. The molecule has 0 atom stereocenters. The molecule has 2 aromatic heterocycles. The molecule has 0 radical (unpaired) electrons. The first-order chi connectivity index (χ1) is 6.79. The van der Waals surface area contributed by atoms with E-state index in [4.69, 9.17) is 5.11 Å². The molecule has 0 aliphatic rings. The van der Waals surface area contributed by atoms with Gasteiger partial charge in [-0.15, -0.1) is 0 Å². The summed E-state index contributed by atoms with van der Waals surface area (Å²) < 4.78 is 1.67. The van der Waals surface area contributed by atoms with Crippen molar-refractivity contribution in [2.75, 3.05) is 0 Å². The maximum Gasteiger partial charge on any atom is 0.339 e. The van der Waals surface area contributed by atoms with Crippen LogP contribution in [0.5, 0.6) is 0 Å². The Morgan fingerprint density at radius 2 is 2.00 bits per heavy atom. The fourth-order valence-corrected chi connectivity index (χ4v) is 1.25. The molecular formula is C10H8N2O2. The maximum atomic E-state index is 10.9. The van der Waals surface area contributed by atoms with Crippen LogP contribution in [0.1, 0.15) is 10.4 Å². The van der Waals surface area contributed by atoms with Gasteiger partial charge in [-0.3, -0.25) is 0 Å². The molecule has 0 spiro atoms. The molecule has 14 heavy (non-hydrogen) atoms. The van der Waals surface area contributed by atoms with Gasteiger partial charge in [0.05, 0.1) is 0 Å². The molecule has 4 nitrogen and oxygen atoms in total. The van der Waals surface area contributed by atoms with Crippen LogP contribution in [0.2, 0.25) is 0 Å². The van der Waals surface area contributed by atoms with E-state index in [9.17, 15) is 4.79 Å². The van der Waals surface area contributed by atoms with Crippen LogP contribution in [0.3, 0.4) is 0 Å². The van der Waals surface area contributed by atoms with E-state index >= 15 is 0 Å². The number of nitrogens with zero attached hydrogens (tertiary/aromatic N) is 2. The first-order valence-electron chi connectivity index (χ1n) is 4.10. The molecule has 2 heterocycles. The van der Waals surface area contributed by atoms with Gasteiger partial charge in [-0.1, -0.05) is 0 Å². The second kappa shape index (κ2) is 3.33. The van der Waals surface area contributed by atoms with Crippen molar-refractivity contribution in [1.82, 2.24) is 9.55 Å². The Kier molecular flexibility index (Phi) is 2.02. The highest BCUT2D eigenvalue weighted by Crippen LogP contribution is 2.10. The highest BCUT2D eigenvalue weighted by molar-refractivity contribution is 5.91. The van der Waals surface area contributed by atoms with E-state index in [0.29, 0.717) is 5.82 Å². The Bertz CT molecular complexity index is 449. The van der Waals surface area contributed by atoms with Crippen molar-refractivity contribution in [2.24, 2.45) is 0 Å². The number of aromatic nitrogens is 2. The predicted molar refractivity (Wildman–Crippen MR) is 50.5 cm³/mol. The average molecular weight is 188 g/mol. The molecule has 0 amide bonds. The largest absolute Gasteiger partial charge is 0.478 e. The number of carboxylic acids is 1. The van der Waals surface area contributed by atoms with Crippen molar-refractivity contribution in [3.63, 3.8) is 0 Å². The first kappa shape index (κ1) is 8.50. The fraction of sp³-hybridized carbons (Fsp3) is 0. The van der Waals surface area contributed by atoms with Crippen LogP contribution < -0.4 is 0 Å². The van der Waals surface area contributed by atoms with Gasteiger partial charge in [-0.2, -0.15) is 0 Å². The summed E-state index contributed by atoms with van der Waals surface area (Å²) >= 11 is 0. The Morgan fingerprint density at radius 3 is 2.64 bits per heavy atom. The third kappa shape index (κ3) is 1.37. The summed E-state index contributed by atoms with van der Waals surface area (Å²) in [5.74, 6) is -0.535. The van der Waals surface area contributed by atoms with Crippen LogP contribution in [-0.4, -0.2) is 20.6 Å². The minimum atomic E-state index is -0.971. The third-order valence-electron chi connectivity index (χ3n) is 1.87. The molecular weight excluding hydrogens is 180 g/mol. The van der Waals surface area contributed by atoms with Gasteiger partial charge in [0.2, 0.25) is 0 Å². The minimum absolute atomic E-state index is 0.198. The number of hydrogen-bond acceptors (Lipinski definition) is 2. The zero-order valence-corrected chi connectivity index (χ0v) is 7.29. The van der Waals surface area contributed by atoms with Crippen molar-refractivity contribution in [1.29, 1.82) is 0 Å². The van der Waals surface area contributed by atoms with E-state index in [0.717, 1.165) is 0 Å². The van der Waals surface area contributed by atoms with Crippen molar-refractivity contribution < 1.29 is 9.90 Å². The molecule has 70 valence electrons. The van der Waals surface area contributed by atoms with Crippen LogP contribution in [0.25, 0.3) is 5.82 Å². The zero-order valence-electron chi connectivity index (χ0n) is 7.29. The number of aromatic carboxylic acids is 1. The topological polar surface area (TPSA) is 55.1 Å². The molecule has 2 rings (SSSR count). The normalized spacial score (nSPS) is 10.0. The zero-order chi connectivity index (χ0) is 9.97. The van der Waals surface area contributed by atoms with Gasteiger partial charge in [-0.25, -0.2) is 9.78 Å².